The predicted octanol–water partition coefficient (Wildman–Crippen LogP) is -3.62. The second kappa shape index (κ2) is 28.8. The fraction of sp³-hybridized carbons (Fsp3) is 0.472. The van der Waals surface area contributed by atoms with Crippen LogP contribution < -0.4 is 65.5 Å². The number of para-hydroxylation sites is 1. The lowest BCUT2D eigenvalue weighted by Gasteiger charge is -2.31. The van der Waals surface area contributed by atoms with Gasteiger partial charge in [0.1, 0.15) is 48.3 Å². The number of benzene rings is 2. The van der Waals surface area contributed by atoms with E-state index in [1.807, 2.05) is 6.07 Å². The van der Waals surface area contributed by atoms with Crippen molar-refractivity contribution in [2.75, 3.05) is 19.7 Å². The Morgan fingerprint density at radius 3 is 2.05 bits per heavy atom. The number of H-pyrrole nitrogens is 2. The van der Waals surface area contributed by atoms with Crippen LogP contribution in [0.15, 0.2) is 72.2 Å². The van der Waals surface area contributed by atoms with Gasteiger partial charge >= 0.3 is 0 Å². The average molecular weight is 1120 g/mol. The van der Waals surface area contributed by atoms with Crippen molar-refractivity contribution in [1.29, 1.82) is 0 Å². The van der Waals surface area contributed by atoms with Crippen LogP contribution >= 0.6 is 0 Å². The Kier molecular flexibility index (Phi) is 21.8. The molecule has 2 saturated heterocycles. The van der Waals surface area contributed by atoms with E-state index in [1.165, 1.54) is 24.3 Å². The number of imidazole rings is 1. The molecule has 2 aromatic heterocycles. The number of fused-ring (bicyclic) bond motifs is 2. The van der Waals surface area contributed by atoms with Gasteiger partial charge in [-0.15, -0.1) is 0 Å². The summed E-state index contributed by atoms with van der Waals surface area (Å²) >= 11 is 0. The number of amides is 10. The topological polar surface area (TPSA) is 451 Å². The molecule has 0 aliphatic carbocycles. The van der Waals surface area contributed by atoms with Crippen molar-refractivity contribution >= 4 is 81.6 Å². The molecule has 0 spiro atoms. The number of hydrogen-bond acceptors (Lipinski definition) is 14. The van der Waals surface area contributed by atoms with E-state index in [2.05, 4.69) is 62.5 Å². The number of carbonyl (C=O) groups excluding carboxylic acids is 10. The molecule has 81 heavy (non-hydrogen) atoms. The van der Waals surface area contributed by atoms with Crippen molar-refractivity contribution in [3.63, 3.8) is 0 Å². The van der Waals surface area contributed by atoms with Gasteiger partial charge in [0.2, 0.25) is 59.1 Å². The highest BCUT2D eigenvalue weighted by molar-refractivity contribution is 5.99. The number of nitrogens with one attached hydrogen (secondary N) is 10. The Bertz CT molecular complexity index is 2930. The molecule has 4 heterocycles. The first-order valence-electron chi connectivity index (χ1n) is 26.7. The SMILES string of the molecule is CC(C)[C@@H]1NC(=O)[C@H](CO)NC(=O)[C@H](Cc2c[nH]c3ccccc23)NC(=O)[C@@H]2CCCN2C(=O)[C@H](Cc2cnc[nH]2)NC(=O)[C@@H](Cc2ccc(N=C(N)N)cc2)NC(=O)[C@@H](N)CCCCNC(=O)C[C@@H](C(N)=O)NC(=O)[C@H](C)NC1=O. The second-order valence-electron chi connectivity index (χ2n) is 20.4. The maximum Gasteiger partial charge on any atom is 0.246 e. The molecular formula is C53H73N17O11. The summed E-state index contributed by atoms with van der Waals surface area (Å²) in [6, 6.07) is 1.39. The number of aromatic nitrogens is 3. The Morgan fingerprint density at radius 2 is 1.38 bits per heavy atom. The smallest absolute Gasteiger partial charge is 0.246 e. The van der Waals surface area contributed by atoms with Crippen LogP contribution in [0, 0.1) is 5.92 Å². The molecule has 2 aromatic carbocycles. The highest BCUT2D eigenvalue weighted by Gasteiger charge is 2.41. The van der Waals surface area contributed by atoms with Gasteiger partial charge in [-0.2, -0.15) is 0 Å². The monoisotopic (exact) mass is 1120 g/mol. The van der Waals surface area contributed by atoms with Crippen LogP contribution in [-0.2, 0) is 67.2 Å². The summed E-state index contributed by atoms with van der Waals surface area (Å²) in [5.74, 6) is -9.08. The highest BCUT2D eigenvalue weighted by atomic mass is 16.3. The first-order valence-corrected chi connectivity index (χ1v) is 26.7. The standard InChI is InChI=1S/C53H73N17O11/c1-27(2)43-51(80)62-28(3)45(74)64-36(44(55)73)22-42(72)59-17-7-6-10-34(54)46(75)65-37(19-29-13-15-31(16-14-29)63-53(56)57)47(76)67-39(21-32-24-58-26-61-32)52(81)70-18-8-12-41(70)50(79)66-38(48(77)68-40(25-71)49(78)69-43)20-30-23-60-35-11-5-4-9-33(30)35/h4-5,9,11,13-16,23-24,26-28,34,36-41,43,60,71H,6-8,10,12,17-22,25,54H2,1-3H3,(H2,55,73)(H,58,61)(H,59,72)(H,62,80)(H,64,74)(H,65,75)(H,66,79)(H,67,76)(H,68,77)(H,69,78)(H4,56,57,63)/t28-,34-,36-,37+,38-,39-,40-,41-,43-/m0/s1. The first-order chi connectivity index (χ1) is 38.6. The summed E-state index contributed by atoms with van der Waals surface area (Å²) in [7, 11) is 0. The molecule has 0 radical (unpaired) electrons. The van der Waals surface area contributed by atoms with Gasteiger partial charge in [-0.1, -0.05) is 44.2 Å². The second-order valence-corrected chi connectivity index (χ2v) is 20.4. The quantitative estimate of drug-likeness (QED) is 0.0539. The Hall–Kier alpha value is -8.92. The number of aliphatic imine (C=N–C) groups is 1. The average Bonchev–Trinajstić information content (AvgIpc) is 4.25. The zero-order valence-electron chi connectivity index (χ0n) is 45.3. The maximum atomic E-state index is 14.9. The number of carbonyl (C=O) groups is 10. The summed E-state index contributed by atoms with van der Waals surface area (Å²) in [6.07, 6.45) is 4.77. The van der Waals surface area contributed by atoms with Gasteiger partial charge in [0.25, 0.3) is 0 Å². The maximum absolute atomic E-state index is 14.9. The molecule has 28 heteroatoms. The van der Waals surface area contributed by atoms with Crippen LogP contribution in [0.3, 0.4) is 0 Å². The molecule has 2 fully saturated rings. The molecule has 436 valence electrons. The van der Waals surface area contributed by atoms with E-state index in [-0.39, 0.29) is 51.2 Å². The van der Waals surface area contributed by atoms with E-state index in [9.17, 15) is 53.1 Å². The van der Waals surface area contributed by atoms with E-state index >= 15 is 0 Å². The number of aliphatic hydroxyl groups is 1. The van der Waals surface area contributed by atoms with Crippen molar-refractivity contribution in [2.24, 2.45) is 33.8 Å². The third-order valence-corrected chi connectivity index (χ3v) is 13.9. The van der Waals surface area contributed by atoms with Gasteiger partial charge in [0, 0.05) is 61.3 Å². The van der Waals surface area contributed by atoms with Crippen molar-refractivity contribution in [1.82, 2.24) is 62.4 Å². The largest absolute Gasteiger partial charge is 0.394 e. The molecule has 9 atom stereocenters. The molecule has 2 aliphatic heterocycles. The van der Waals surface area contributed by atoms with Gasteiger partial charge in [-0.3, -0.25) is 47.9 Å². The zero-order chi connectivity index (χ0) is 58.9. The summed E-state index contributed by atoms with van der Waals surface area (Å²) in [5.41, 5.74) is 25.8. The third kappa shape index (κ3) is 17.3. The van der Waals surface area contributed by atoms with E-state index in [4.69, 9.17) is 22.9 Å². The lowest BCUT2D eigenvalue weighted by molar-refractivity contribution is -0.142. The number of nitrogens with zero attached hydrogens (tertiary/aromatic N) is 3. The fourth-order valence-corrected chi connectivity index (χ4v) is 9.42. The summed E-state index contributed by atoms with van der Waals surface area (Å²) in [6.45, 7) is 3.66. The van der Waals surface area contributed by atoms with E-state index in [0.717, 1.165) is 5.52 Å². The number of nitrogens with two attached hydrogens (primary N) is 4. The van der Waals surface area contributed by atoms with Crippen LogP contribution in [0.5, 0.6) is 0 Å². The van der Waals surface area contributed by atoms with Crippen LogP contribution in [0.2, 0.25) is 0 Å². The van der Waals surface area contributed by atoms with E-state index in [0.29, 0.717) is 47.2 Å². The molecule has 10 amide bonds. The van der Waals surface area contributed by atoms with Gasteiger partial charge in [0.15, 0.2) is 5.96 Å². The normalized spacial score (nSPS) is 25.1. The van der Waals surface area contributed by atoms with Crippen molar-refractivity contribution in [3.05, 3.63) is 84.1 Å². The Morgan fingerprint density at radius 1 is 0.716 bits per heavy atom. The van der Waals surface area contributed by atoms with Crippen LogP contribution in [0.25, 0.3) is 10.9 Å². The Balaban J connectivity index is 1.33. The first kappa shape index (κ1) is 61.3. The lowest BCUT2D eigenvalue weighted by Crippen LogP contribution is -2.61. The predicted molar refractivity (Wildman–Crippen MR) is 294 cm³/mol. The summed E-state index contributed by atoms with van der Waals surface area (Å²) in [4.78, 5) is 154. The van der Waals surface area contributed by atoms with Gasteiger partial charge in [0.05, 0.1) is 31.1 Å². The minimum Gasteiger partial charge on any atom is -0.394 e. The van der Waals surface area contributed by atoms with Crippen molar-refractivity contribution < 1.29 is 53.1 Å². The fourth-order valence-electron chi connectivity index (χ4n) is 9.42. The molecule has 4 aromatic rings. The third-order valence-electron chi connectivity index (χ3n) is 13.9. The molecule has 2 aliphatic rings. The molecule has 0 unspecified atom stereocenters. The number of aliphatic hydroxyl groups excluding tert-OH is 1. The number of aromatic amines is 2. The highest BCUT2D eigenvalue weighted by Crippen LogP contribution is 2.23. The van der Waals surface area contributed by atoms with Crippen LogP contribution in [-0.4, -0.2) is 164 Å². The van der Waals surface area contributed by atoms with Gasteiger partial charge in [-0.25, -0.2) is 9.98 Å². The van der Waals surface area contributed by atoms with Crippen molar-refractivity contribution in [3.8, 4) is 0 Å². The van der Waals surface area contributed by atoms with E-state index in [1.54, 1.807) is 62.5 Å². The van der Waals surface area contributed by atoms with E-state index < -0.39 is 132 Å². The lowest BCUT2D eigenvalue weighted by atomic mass is 10.0. The number of primary amides is 1. The molecular weight excluding hydrogens is 1050 g/mol. The summed E-state index contributed by atoms with van der Waals surface area (Å²) in [5, 5.41) is 32.1. The molecule has 6 rings (SSSR count). The Labute approximate surface area is 466 Å². The number of rotatable bonds is 10. The van der Waals surface area contributed by atoms with Crippen molar-refractivity contribution in [2.45, 2.75) is 133 Å². The zero-order valence-corrected chi connectivity index (χ0v) is 45.3. The van der Waals surface area contributed by atoms with Crippen LogP contribution in [0.1, 0.15) is 76.1 Å². The molecule has 19 N–H and O–H groups in total. The number of guanidine groups is 1. The minimum absolute atomic E-state index is 0.0694. The molecule has 0 saturated carbocycles. The van der Waals surface area contributed by atoms with Crippen LogP contribution in [0.4, 0.5) is 5.69 Å². The molecule has 0 bridgehead atoms. The minimum atomic E-state index is -1.68. The van der Waals surface area contributed by atoms with Gasteiger partial charge in [-0.05, 0) is 74.3 Å². The number of hydrogen-bond donors (Lipinski definition) is 15. The summed E-state index contributed by atoms with van der Waals surface area (Å²) < 4.78 is 0. The van der Waals surface area contributed by atoms with Gasteiger partial charge < -0.3 is 85.4 Å². The molecule has 28 nitrogen and oxygen atoms in total.